The van der Waals surface area contributed by atoms with Crippen LogP contribution in [0.15, 0.2) is 70.5 Å². The maximum absolute atomic E-state index is 13.0. The fraction of sp³-hybridized carbons (Fsp3) is 0.0909. The number of nitrogens with one attached hydrogen (secondary N) is 1. The predicted octanol–water partition coefficient (Wildman–Crippen LogP) is 3.93. The number of para-hydroxylation sites is 1. The van der Waals surface area contributed by atoms with Crippen LogP contribution < -0.4 is 5.32 Å². The van der Waals surface area contributed by atoms with E-state index in [0.29, 0.717) is 5.69 Å². The molecule has 140 valence electrons. The SMILES string of the molecule is Cc1cccc(C)c1NC(=O)c1ccc2c(c1)S(=O)(=O)c1ccccc1C2=O. The van der Waals surface area contributed by atoms with E-state index in [1.165, 1.54) is 30.3 Å². The summed E-state index contributed by atoms with van der Waals surface area (Å²) in [7, 11) is -3.88. The summed E-state index contributed by atoms with van der Waals surface area (Å²) in [6, 6.07) is 15.9. The second-order valence-corrected chi connectivity index (χ2v) is 8.65. The van der Waals surface area contributed by atoms with Crippen LogP contribution in [0, 0.1) is 13.8 Å². The summed E-state index contributed by atoms with van der Waals surface area (Å²) in [6.07, 6.45) is 0. The molecule has 0 radical (unpaired) electrons. The molecular weight excluding hydrogens is 374 g/mol. The lowest BCUT2D eigenvalue weighted by molar-refractivity contribution is 0.101. The molecule has 0 aromatic heterocycles. The molecule has 1 aliphatic heterocycles. The molecule has 0 fully saturated rings. The first-order valence-electron chi connectivity index (χ1n) is 8.71. The molecule has 28 heavy (non-hydrogen) atoms. The largest absolute Gasteiger partial charge is 0.322 e. The van der Waals surface area contributed by atoms with Crippen LogP contribution in [0.2, 0.25) is 0 Å². The third-order valence-electron chi connectivity index (χ3n) is 4.92. The van der Waals surface area contributed by atoms with Gasteiger partial charge in [-0.05, 0) is 55.3 Å². The Morgan fingerprint density at radius 2 is 1.46 bits per heavy atom. The first-order valence-corrected chi connectivity index (χ1v) is 10.2. The van der Waals surface area contributed by atoms with Crippen LogP contribution in [-0.2, 0) is 9.84 Å². The zero-order valence-corrected chi connectivity index (χ0v) is 16.1. The van der Waals surface area contributed by atoms with Crippen molar-refractivity contribution in [2.24, 2.45) is 0 Å². The summed E-state index contributed by atoms with van der Waals surface area (Å²) in [4.78, 5) is 25.3. The first-order chi connectivity index (χ1) is 13.3. The molecule has 4 rings (SSSR count). The van der Waals surface area contributed by atoms with Gasteiger partial charge in [-0.1, -0.05) is 30.3 Å². The van der Waals surface area contributed by atoms with Gasteiger partial charge in [0.1, 0.15) is 0 Å². The second-order valence-electron chi connectivity index (χ2n) is 6.76. The number of hydrogen-bond donors (Lipinski definition) is 1. The molecular formula is C22H17NO4S. The number of fused-ring (bicyclic) bond motifs is 2. The van der Waals surface area contributed by atoms with Gasteiger partial charge in [0.25, 0.3) is 5.91 Å². The smallest absolute Gasteiger partial charge is 0.255 e. The van der Waals surface area contributed by atoms with Crippen LogP contribution in [0.1, 0.15) is 37.4 Å². The Balaban J connectivity index is 1.78. The van der Waals surface area contributed by atoms with Crippen molar-refractivity contribution in [2.75, 3.05) is 5.32 Å². The Bertz CT molecular complexity index is 1240. The van der Waals surface area contributed by atoms with Crippen molar-refractivity contribution in [1.29, 1.82) is 0 Å². The van der Waals surface area contributed by atoms with Crippen molar-refractivity contribution in [3.05, 3.63) is 88.5 Å². The average Bonchev–Trinajstić information content (AvgIpc) is 2.69. The van der Waals surface area contributed by atoms with Crippen LogP contribution in [0.3, 0.4) is 0 Å². The van der Waals surface area contributed by atoms with E-state index in [1.54, 1.807) is 12.1 Å². The lowest BCUT2D eigenvalue weighted by Gasteiger charge is -2.19. The molecule has 3 aromatic rings. The Kier molecular flexibility index (Phi) is 4.16. The topological polar surface area (TPSA) is 80.3 Å². The fourth-order valence-corrected chi connectivity index (χ4v) is 5.10. The van der Waals surface area contributed by atoms with Crippen molar-refractivity contribution in [3.8, 4) is 0 Å². The van der Waals surface area contributed by atoms with Crippen LogP contribution in [-0.4, -0.2) is 20.1 Å². The minimum Gasteiger partial charge on any atom is -0.322 e. The highest BCUT2D eigenvalue weighted by Crippen LogP contribution is 2.35. The molecule has 0 saturated heterocycles. The zero-order chi connectivity index (χ0) is 20.1. The van der Waals surface area contributed by atoms with Crippen LogP contribution in [0.25, 0.3) is 0 Å². The molecule has 0 atom stereocenters. The van der Waals surface area contributed by atoms with Crippen molar-refractivity contribution in [3.63, 3.8) is 0 Å². The number of sulfone groups is 1. The normalized spacial score (nSPS) is 14.1. The van der Waals surface area contributed by atoms with E-state index in [-0.39, 0.29) is 32.3 Å². The molecule has 1 amide bonds. The molecule has 3 aromatic carbocycles. The van der Waals surface area contributed by atoms with Gasteiger partial charge in [-0.25, -0.2) is 8.42 Å². The molecule has 0 spiro atoms. The molecule has 1 aliphatic rings. The van der Waals surface area contributed by atoms with E-state index in [4.69, 9.17) is 0 Å². The molecule has 0 aliphatic carbocycles. The molecule has 0 bridgehead atoms. The standard InChI is InChI=1S/C22H17NO4S/c1-13-6-5-7-14(2)20(13)23-22(25)15-10-11-17-19(12-15)28(26,27)18-9-4-3-8-16(18)21(17)24/h3-12H,1-2H3,(H,23,25). The summed E-state index contributed by atoms with van der Waals surface area (Å²) < 4.78 is 26.0. The quantitative estimate of drug-likeness (QED) is 0.561. The monoisotopic (exact) mass is 391 g/mol. The van der Waals surface area contributed by atoms with E-state index < -0.39 is 15.7 Å². The van der Waals surface area contributed by atoms with Gasteiger partial charge in [0, 0.05) is 22.4 Å². The second kappa shape index (κ2) is 6.42. The molecule has 1 heterocycles. The molecule has 0 saturated carbocycles. The van der Waals surface area contributed by atoms with Gasteiger partial charge in [0.05, 0.1) is 9.79 Å². The van der Waals surface area contributed by atoms with Gasteiger partial charge < -0.3 is 5.32 Å². The van der Waals surface area contributed by atoms with Crippen molar-refractivity contribution in [1.82, 2.24) is 0 Å². The Morgan fingerprint density at radius 3 is 2.18 bits per heavy atom. The molecule has 6 heteroatoms. The molecule has 5 nitrogen and oxygen atoms in total. The highest BCUT2D eigenvalue weighted by atomic mass is 32.2. The molecule has 1 N–H and O–H groups in total. The van der Waals surface area contributed by atoms with Gasteiger partial charge in [0.15, 0.2) is 5.78 Å². The number of amides is 1. The van der Waals surface area contributed by atoms with E-state index in [9.17, 15) is 18.0 Å². The highest BCUT2D eigenvalue weighted by Gasteiger charge is 2.35. The number of carbonyl (C=O) groups is 2. The van der Waals surface area contributed by atoms with E-state index >= 15 is 0 Å². The van der Waals surface area contributed by atoms with Crippen LogP contribution in [0.5, 0.6) is 0 Å². The maximum Gasteiger partial charge on any atom is 0.255 e. The summed E-state index contributed by atoms with van der Waals surface area (Å²) >= 11 is 0. The number of aryl methyl sites for hydroxylation is 2. The number of carbonyl (C=O) groups excluding carboxylic acids is 2. The third kappa shape index (κ3) is 2.73. The van der Waals surface area contributed by atoms with Crippen molar-refractivity contribution in [2.45, 2.75) is 23.6 Å². The first kappa shape index (κ1) is 18.1. The predicted molar refractivity (Wildman–Crippen MR) is 106 cm³/mol. The minimum atomic E-state index is -3.88. The Labute approximate surface area is 162 Å². The van der Waals surface area contributed by atoms with Crippen LogP contribution in [0.4, 0.5) is 5.69 Å². The third-order valence-corrected chi connectivity index (χ3v) is 6.77. The number of rotatable bonds is 2. The summed E-state index contributed by atoms with van der Waals surface area (Å²) in [5.41, 5.74) is 2.92. The van der Waals surface area contributed by atoms with E-state index in [2.05, 4.69) is 5.32 Å². The Hall–Kier alpha value is -3.25. The number of hydrogen-bond acceptors (Lipinski definition) is 4. The van der Waals surface area contributed by atoms with Gasteiger partial charge in [-0.3, -0.25) is 9.59 Å². The molecule has 0 unspecified atom stereocenters. The lowest BCUT2D eigenvalue weighted by atomic mass is 10.0. The summed E-state index contributed by atoms with van der Waals surface area (Å²) in [6.45, 7) is 3.77. The van der Waals surface area contributed by atoms with Gasteiger partial charge in [-0.2, -0.15) is 0 Å². The average molecular weight is 391 g/mol. The summed E-state index contributed by atoms with van der Waals surface area (Å²) in [5.74, 6) is -0.788. The fourth-order valence-electron chi connectivity index (χ4n) is 3.42. The Morgan fingerprint density at radius 1 is 0.821 bits per heavy atom. The van der Waals surface area contributed by atoms with Gasteiger partial charge in [0.2, 0.25) is 9.84 Å². The number of ketones is 1. The minimum absolute atomic E-state index is 0.0280. The number of anilines is 1. The highest BCUT2D eigenvalue weighted by molar-refractivity contribution is 7.91. The van der Waals surface area contributed by atoms with Crippen LogP contribution >= 0.6 is 0 Å². The van der Waals surface area contributed by atoms with E-state index in [1.807, 2.05) is 32.0 Å². The maximum atomic E-state index is 13.0. The van der Waals surface area contributed by atoms with Gasteiger partial charge >= 0.3 is 0 Å². The zero-order valence-electron chi connectivity index (χ0n) is 15.3. The summed E-state index contributed by atoms with van der Waals surface area (Å²) in [5, 5.41) is 2.84. The van der Waals surface area contributed by atoms with Crippen molar-refractivity contribution < 1.29 is 18.0 Å². The van der Waals surface area contributed by atoms with E-state index in [0.717, 1.165) is 11.1 Å². The lowest BCUT2D eigenvalue weighted by Crippen LogP contribution is -2.22. The van der Waals surface area contributed by atoms with Gasteiger partial charge in [-0.15, -0.1) is 0 Å². The van der Waals surface area contributed by atoms with Crippen molar-refractivity contribution >= 4 is 27.2 Å². The number of benzene rings is 3.